The molecule has 2 aliphatic heterocycles. The van der Waals surface area contributed by atoms with Crippen LogP contribution >= 0.6 is 0 Å². The van der Waals surface area contributed by atoms with Crippen molar-refractivity contribution in [3.8, 4) is 0 Å². The van der Waals surface area contributed by atoms with E-state index in [0.717, 1.165) is 25.9 Å². The van der Waals surface area contributed by atoms with E-state index in [1.54, 1.807) is 41.3 Å². The van der Waals surface area contributed by atoms with E-state index >= 15 is 0 Å². The fourth-order valence-corrected chi connectivity index (χ4v) is 4.10. The highest BCUT2D eigenvalue weighted by atomic mass is 16.5. The summed E-state index contributed by atoms with van der Waals surface area (Å²) in [6.45, 7) is 8.01. The van der Waals surface area contributed by atoms with Gasteiger partial charge in [0.25, 0.3) is 11.8 Å². The molecule has 5 rings (SSSR count). The summed E-state index contributed by atoms with van der Waals surface area (Å²) in [5.41, 5.74) is 12.1. The third kappa shape index (κ3) is 8.93. The topological polar surface area (TPSA) is 183 Å². The number of benzene rings is 1. The van der Waals surface area contributed by atoms with Crippen LogP contribution in [0.2, 0.25) is 0 Å². The minimum atomic E-state index is -0.707. The fraction of sp³-hybridized carbons (Fsp3) is 0.393. The highest BCUT2D eigenvalue weighted by Crippen LogP contribution is 2.22. The third-order valence-electron chi connectivity index (χ3n) is 6.21. The van der Waals surface area contributed by atoms with E-state index in [-0.39, 0.29) is 17.4 Å². The van der Waals surface area contributed by atoms with E-state index in [1.807, 2.05) is 13.8 Å². The maximum absolute atomic E-state index is 12.6. The molecule has 218 valence electrons. The highest BCUT2D eigenvalue weighted by Gasteiger charge is 2.21. The lowest BCUT2D eigenvalue weighted by Crippen LogP contribution is -2.40. The number of primary amides is 2. The number of amides is 3. The highest BCUT2D eigenvalue weighted by molar-refractivity contribution is 5.97. The van der Waals surface area contributed by atoms with Gasteiger partial charge in [0, 0.05) is 55.4 Å². The Balaban J connectivity index is 0.000000355. The van der Waals surface area contributed by atoms with Crippen LogP contribution < -0.4 is 21.7 Å². The van der Waals surface area contributed by atoms with E-state index in [9.17, 15) is 14.4 Å². The Hall–Kier alpha value is -4.65. The lowest BCUT2D eigenvalue weighted by molar-refractivity contribution is 0.0303. The van der Waals surface area contributed by atoms with Crippen molar-refractivity contribution in [3.05, 3.63) is 65.6 Å². The Morgan fingerprint density at radius 2 is 1.44 bits per heavy atom. The number of nitrogens with one attached hydrogen (secondary N) is 1. The molecular weight excluding hydrogens is 526 g/mol. The van der Waals surface area contributed by atoms with Gasteiger partial charge < -0.3 is 31.3 Å². The van der Waals surface area contributed by atoms with Crippen molar-refractivity contribution in [2.24, 2.45) is 11.5 Å². The predicted octanol–water partition coefficient (Wildman–Crippen LogP) is 2.38. The molecule has 3 amide bonds. The first-order valence-electron chi connectivity index (χ1n) is 13.7. The summed E-state index contributed by atoms with van der Waals surface area (Å²) < 4.78 is 5.29. The molecule has 0 aliphatic carbocycles. The number of piperidine rings is 1. The van der Waals surface area contributed by atoms with E-state index in [1.165, 1.54) is 18.8 Å². The van der Waals surface area contributed by atoms with Gasteiger partial charge in [-0.2, -0.15) is 4.98 Å². The number of hydrogen-bond donors (Lipinski definition) is 3. The van der Waals surface area contributed by atoms with E-state index < -0.39 is 11.8 Å². The summed E-state index contributed by atoms with van der Waals surface area (Å²) in [5.74, 6) is -0.426. The molecule has 1 aromatic carbocycles. The number of hydrogen-bond acceptors (Lipinski definition) is 10. The van der Waals surface area contributed by atoms with E-state index in [4.69, 9.17) is 16.2 Å². The van der Waals surface area contributed by atoms with Crippen molar-refractivity contribution >= 4 is 35.2 Å². The van der Waals surface area contributed by atoms with Crippen molar-refractivity contribution in [1.29, 1.82) is 0 Å². The summed E-state index contributed by atoms with van der Waals surface area (Å²) >= 11 is 0. The second-order valence-electron chi connectivity index (χ2n) is 8.93. The number of ether oxygens (including phenoxy) is 1. The molecule has 0 unspecified atom stereocenters. The van der Waals surface area contributed by atoms with Crippen LogP contribution in [0, 0.1) is 0 Å². The summed E-state index contributed by atoms with van der Waals surface area (Å²) in [6, 6.07) is 10.2. The fourth-order valence-electron chi connectivity index (χ4n) is 4.10. The van der Waals surface area contributed by atoms with Crippen molar-refractivity contribution < 1.29 is 19.1 Å². The number of carbonyl (C=O) groups excluding carboxylic acids is 3. The lowest BCUT2D eigenvalue weighted by atomic mass is 10.1. The third-order valence-corrected chi connectivity index (χ3v) is 6.21. The zero-order chi connectivity index (χ0) is 29.6. The standard InChI is InChI=1S/C20H25N7O3.C6H6N2O.C2H6/c21-17(28)16-18(23-20(25-24-16)27-8-2-1-3-9-27)22-15-6-4-14(5-7-15)19(29)26-10-12-30-13-11-26;7-6(9)5-1-3-8-4-2-5;1-2/h4-7H,1-3,8-13H2,(H2,21,28)(H,22,23,25);1-4H,(H2,7,9);1-2H3. The van der Waals surface area contributed by atoms with Crippen molar-refractivity contribution in [2.75, 3.05) is 49.6 Å². The van der Waals surface area contributed by atoms with Gasteiger partial charge in [-0.1, -0.05) is 13.8 Å². The summed E-state index contributed by atoms with van der Waals surface area (Å²) in [6.07, 6.45) is 6.38. The average molecular weight is 564 g/mol. The molecule has 13 nitrogen and oxygen atoms in total. The number of nitrogens with two attached hydrogens (primary N) is 2. The quantitative estimate of drug-likeness (QED) is 0.402. The molecule has 41 heavy (non-hydrogen) atoms. The van der Waals surface area contributed by atoms with Crippen molar-refractivity contribution in [3.63, 3.8) is 0 Å². The number of morpholine rings is 1. The minimum absolute atomic E-state index is 0.0239. The second-order valence-corrected chi connectivity index (χ2v) is 8.93. The molecule has 5 N–H and O–H groups in total. The van der Waals surface area contributed by atoms with Gasteiger partial charge in [-0.3, -0.25) is 19.4 Å². The summed E-state index contributed by atoms with van der Waals surface area (Å²) in [5, 5.41) is 11.2. The van der Waals surface area contributed by atoms with Crippen LogP contribution in [0.4, 0.5) is 17.5 Å². The predicted molar refractivity (Wildman–Crippen MR) is 155 cm³/mol. The van der Waals surface area contributed by atoms with E-state index in [2.05, 4.69) is 30.4 Å². The Labute approximate surface area is 239 Å². The number of pyridine rings is 1. The average Bonchev–Trinajstić information content (AvgIpc) is 3.03. The van der Waals surface area contributed by atoms with Crippen LogP contribution in [0.5, 0.6) is 0 Å². The van der Waals surface area contributed by atoms with Gasteiger partial charge in [0.15, 0.2) is 11.5 Å². The largest absolute Gasteiger partial charge is 0.378 e. The molecule has 4 heterocycles. The normalized spacial score (nSPS) is 14.5. The molecular formula is C28H37N9O4. The van der Waals surface area contributed by atoms with Crippen LogP contribution in [0.25, 0.3) is 0 Å². The molecule has 0 saturated carbocycles. The van der Waals surface area contributed by atoms with Crippen LogP contribution in [0.3, 0.4) is 0 Å². The number of nitrogens with zero attached hydrogens (tertiary/aromatic N) is 6. The molecule has 2 saturated heterocycles. The minimum Gasteiger partial charge on any atom is -0.378 e. The van der Waals surface area contributed by atoms with E-state index in [0.29, 0.717) is 49.1 Å². The molecule has 13 heteroatoms. The molecule has 0 spiro atoms. The zero-order valence-electron chi connectivity index (χ0n) is 23.5. The monoisotopic (exact) mass is 563 g/mol. The Morgan fingerprint density at radius 3 is 2.00 bits per heavy atom. The van der Waals surface area contributed by atoms with Gasteiger partial charge in [0.2, 0.25) is 11.9 Å². The van der Waals surface area contributed by atoms with Gasteiger partial charge in [-0.15, -0.1) is 10.2 Å². The van der Waals surface area contributed by atoms with Crippen molar-refractivity contribution in [1.82, 2.24) is 25.1 Å². The number of aromatic nitrogens is 4. The maximum atomic E-state index is 12.6. The maximum Gasteiger partial charge on any atom is 0.273 e. The van der Waals surface area contributed by atoms with Gasteiger partial charge in [-0.25, -0.2) is 0 Å². The molecule has 0 atom stereocenters. The van der Waals surface area contributed by atoms with Gasteiger partial charge >= 0.3 is 0 Å². The summed E-state index contributed by atoms with van der Waals surface area (Å²) in [7, 11) is 0. The molecule has 3 aromatic rings. The van der Waals surface area contributed by atoms with Crippen LogP contribution in [0.15, 0.2) is 48.8 Å². The van der Waals surface area contributed by atoms with Crippen LogP contribution in [-0.2, 0) is 4.74 Å². The molecule has 0 bridgehead atoms. The first-order chi connectivity index (χ1) is 19.9. The zero-order valence-corrected chi connectivity index (χ0v) is 23.5. The first-order valence-corrected chi connectivity index (χ1v) is 13.7. The second kappa shape index (κ2) is 15.8. The molecule has 2 fully saturated rings. The number of rotatable bonds is 6. The number of carbonyl (C=O) groups is 3. The number of anilines is 3. The Kier molecular flexibility index (Phi) is 11.9. The van der Waals surface area contributed by atoms with Crippen LogP contribution in [0.1, 0.15) is 64.3 Å². The van der Waals surface area contributed by atoms with Gasteiger partial charge in [0.1, 0.15) is 0 Å². The van der Waals surface area contributed by atoms with Gasteiger partial charge in [-0.05, 0) is 55.7 Å². The summed E-state index contributed by atoms with van der Waals surface area (Å²) in [4.78, 5) is 46.8. The molecule has 2 aromatic heterocycles. The molecule has 2 aliphatic rings. The molecule has 0 radical (unpaired) electrons. The van der Waals surface area contributed by atoms with Crippen LogP contribution in [-0.4, -0.2) is 82.2 Å². The first kappa shape index (κ1) is 30.9. The van der Waals surface area contributed by atoms with Gasteiger partial charge in [0.05, 0.1) is 13.2 Å². The smallest absolute Gasteiger partial charge is 0.273 e. The SMILES string of the molecule is CC.NC(=O)c1ccncc1.NC(=O)c1nnc(N2CCCCC2)nc1Nc1ccc(C(=O)N2CCOCC2)cc1. The Bertz CT molecular complexity index is 1280. The lowest BCUT2D eigenvalue weighted by Gasteiger charge is -2.27. The van der Waals surface area contributed by atoms with Crippen molar-refractivity contribution in [2.45, 2.75) is 33.1 Å². The Morgan fingerprint density at radius 1 is 0.805 bits per heavy atom.